The zero-order valence-corrected chi connectivity index (χ0v) is 15.0. The summed E-state index contributed by atoms with van der Waals surface area (Å²) >= 11 is 0. The summed E-state index contributed by atoms with van der Waals surface area (Å²) in [7, 11) is -3.21. The van der Waals surface area contributed by atoms with Crippen molar-refractivity contribution in [3.63, 3.8) is 0 Å². The highest BCUT2D eigenvalue weighted by Crippen LogP contribution is 2.25. The van der Waals surface area contributed by atoms with Crippen molar-refractivity contribution in [1.82, 2.24) is 10.2 Å². The third-order valence-corrected chi connectivity index (χ3v) is 6.31. The highest BCUT2D eigenvalue weighted by Gasteiger charge is 2.43. The molecule has 1 amide bonds. The van der Waals surface area contributed by atoms with Gasteiger partial charge in [0.2, 0.25) is 5.91 Å². The van der Waals surface area contributed by atoms with E-state index in [-0.39, 0.29) is 24.7 Å². The lowest BCUT2D eigenvalue weighted by molar-refractivity contribution is -0.130. The number of rotatable bonds is 7. The maximum Gasteiger partial charge on any atom is 0.241 e. The van der Waals surface area contributed by atoms with Crippen LogP contribution in [0.3, 0.4) is 0 Å². The summed E-state index contributed by atoms with van der Waals surface area (Å²) < 4.78 is 22.9. The van der Waals surface area contributed by atoms with Crippen LogP contribution in [0, 0.1) is 5.92 Å². The van der Waals surface area contributed by atoms with Gasteiger partial charge < -0.3 is 4.90 Å². The standard InChI is InChI=1S/C15H30N2O3S/c1-7-8-13-16-12(9-11(2)3)14(18)17(13)10-15(4,5)21(6,19)20/h11-13,16H,7-10H2,1-6H3. The summed E-state index contributed by atoms with van der Waals surface area (Å²) in [4.78, 5) is 14.3. The minimum absolute atomic E-state index is 0.0406. The fourth-order valence-electron chi connectivity index (χ4n) is 2.62. The first-order valence-corrected chi connectivity index (χ1v) is 9.65. The van der Waals surface area contributed by atoms with Crippen LogP contribution in [0.2, 0.25) is 0 Å². The van der Waals surface area contributed by atoms with Gasteiger partial charge in [-0.1, -0.05) is 27.2 Å². The van der Waals surface area contributed by atoms with Crippen molar-refractivity contribution in [3.8, 4) is 0 Å². The molecule has 2 atom stereocenters. The summed E-state index contributed by atoms with van der Waals surface area (Å²) in [5, 5.41) is 3.38. The number of carbonyl (C=O) groups excluding carboxylic acids is 1. The largest absolute Gasteiger partial charge is 0.324 e. The summed E-state index contributed by atoms with van der Waals surface area (Å²) in [5.74, 6) is 0.468. The first kappa shape index (κ1) is 18.4. The molecule has 1 N–H and O–H groups in total. The van der Waals surface area contributed by atoms with Crippen LogP contribution in [0.4, 0.5) is 0 Å². The Morgan fingerprint density at radius 1 is 1.33 bits per heavy atom. The van der Waals surface area contributed by atoms with E-state index in [0.29, 0.717) is 5.92 Å². The zero-order chi connectivity index (χ0) is 16.4. The van der Waals surface area contributed by atoms with E-state index >= 15 is 0 Å². The second-order valence-electron chi connectivity index (χ2n) is 7.15. The highest BCUT2D eigenvalue weighted by molar-refractivity contribution is 7.92. The van der Waals surface area contributed by atoms with Gasteiger partial charge in [-0.2, -0.15) is 0 Å². The zero-order valence-electron chi connectivity index (χ0n) is 14.1. The van der Waals surface area contributed by atoms with Crippen molar-refractivity contribution in [3.05, 3.63) is 0 Å². The van der Waals surface area contributed by atoms with Gasteiger partial charge in [0.25, 0.3) is 0 Å². The van der Waals surface area contributed by atoms with Crippen LogP contribution < -0.4 is 5.32 Å². The predicted molar refractivity (Wildman–Crippen MR) is 85.7 cm³/mol. The number of hydrogen-bond donors (Lipinski definition) is 1. The molecule has 6 heteroatoms. The van der Waals surface area contributed by atoms with Crippen LogP contribution in [0.5, 0.6) is 0 Å². The summed E-state index contributed by atoms with van der Waals surface area (Å²) in [5.41, 5.74) is 0. The molecule has 5 nitrogen and oxygen atoms in total. The Balaban J connectivity index is 2.93. The molecule has 1 aliphatic rings. The van der Waals surface area contributed by atoms with E-state index in [1.54, 1.807) is 18.7 Å². The quantitative estimate of drug-likeness (QED) is 0.777. The van der Waals surface area contributed by atoms with Crippen molar-refractivity contribution >= 4 is 15.7 Å². The van der Waals surface area contributed by atoms with E-state index in [4.69, 9.17) is 0 Å². The van der Waals surface area contributed by atoms with Gasteiger partial charge in [0, 0.05) is 12.8 Å². The topological polar surface area (TPSA) is 66.5 Å². The van der Waals surface area contributed by atoms with Crippen LogP contribution >= 0.6 is 0 Å². The molecule has 0 aromatic carbocycles. The maximum absolute atomic E-state index is 12.6. The van der Waals surface area contributed by atoms with Crippen LogP contribution in [0.25, 0.3) is 0 Å². The molecule has 124 valence electrons. The molecular weight excluding hydrogens is 288 g/mol. The minimum atomic E-state index is -3.21. The monoisotopic (exact) mass is 318 g/mol. The SMILES string of the molecule is CCCC1NC(CC(C)C)C(=O)N1CC(C)(C)S(C)(=O)=O. The molecule has 0 aromatic rings. The number of nitrogens with zero attached hydrogens (tertiary/aromatic N) is 1. The van der Waals surface area contributed by atoms with Gasteiger partial charge in [0.1, 0.15) is 0 Å². The maximum atomic E-state index is 12.6. The smallest absolute Gasteiger partial charge is 0.241 e. The number of nitrogens with one attached hydrogen (secondary N) is 1. The van der Waals surface area contributed by atoms with Crippen LogP contribution in [-0.2, 0) is 14.6 Å². The Bertz CT molecular complexity index is 471. The third kappa shape index (κ3) is 4.42. The van der Waals surface area contributed by atoms with Gasteiger partial charge in [0.15, 0.2) is 9.84 Å². The minimum Gasteiger partial charge on any atom is -0.324 e. The lowest BCUT2D eigenvalue weighted by Crippen LogP contribution is -2.48. The molecule has 0 aromatic heterocycles. The Kier molecular flexibility index (Phi) is 5.83. The van der Waals surface area contributed by atoms with Gasteiger partial charge in [-0.25, -0.2) is 8.42 Å². The molecule has 0 spiro atoms. The first-order chi connectivity index (χ1) is 9.49. The third-order valence-electron chi connectivity index (χ3n) is 4.18. The lowest BCUT2D eigenvalue weighted by atomic mass is 10.0. The van der Waals surface area contributed by atoms with Gasteiger partial charge in [0.05, 0.1) is 17.0 Å². The van der Waals surface area contributed by atoms with Crippen molar-refractivity contribution < 1.29 is 13.2 Å². The van der Waals surface area contributed by atoms with E-state index in [9.17, 15) is 13.2 Å². The molecule has 2 unspecified atom stereocenters. The second-order valence-corrected chi connectivity index (χ2v) is 9.80. The molecule has 0 saturated carbocycles. The van der Waals surface area contributed by atoms with Crippen molar-refractivity contribution in [2.75, 3.05) is 12.8 Å². The van der Waals surface area contributed by atoms with Gasteiger partial charge >= 0.3 is 0 Å². The van der Waals surface area contributed by atoms with E-state index in [1.165, 1.54) is 6.26 Å². The fraction of sp³-hybridized carbons (Fsp3) is 0.933. The van der Waals surface area contributed by atoms with Crippen LogP contribution in [0.15, 0.2) is 0 Å². The molecule has 1 rings (SSSR count). The second kappa shape index (κ2) is 6.65. The Morgan fingerprint density at radius 2 is 1.90 bits per heavy atom. The van der Waals surface area contributed by atoms with Crippen LogP contribution in [-0.4, -0.2) is 49.0 Å². The van der Waals surface area contributed by atoms with E-state index < -0.39 is 14.6 Å². The molecule has 0 radical (unpaired) electrons. The lowest BCUT2D eigenvalue weighted by Gasteiger charge is -2.32. The highest BCUT2D eigenvalue weighted by atomic mass is 32.2. The van der Waals surface area contributed by atoms with E-state index in [1.807, 2.05) is 0 Å². The van der Waals surface area contributed by atoms with Gasteiger partial charge in [-0.05, 0) is 32.6 Å². The molecule has 21 heavy (non-hydrogen) atoms. The Hall–Kier alpha value is -0.620. The van der Waals surface area contributed by atoms with Crippen molar-refractivity contribution in [2.24, 2.45) is 5.92 Å². The van der Waals surface area contributed by atoms with Crippen molar-refractivity contribution in [1.29, 1.82) is 0 Å². The molecular formula is C15H30N2O3S. The summed E-state index contributed by atoms with van der Waals surface area (Å²) in [6, 6.07) is -0.183. The number of hydrogen-bond acceptors (Lipinski definition) is 4. The van der Waals surface area contributed by atoms with Crippen molar-refractivity contribution in [2.45, 2.75) is 70.8 Å². The molecule has 0 aliphatic carbocycles. The van der Waals surface area contributed by atoms with Gasteiger partial charge in [-0.15, -0.1) is 0 Å². The van der Waals surface area contributed by atoms with E-state index in [2.05, 4.69) is 26.1 Å². The average molecular weight is 318 g/mol. The van der Waals surface area contributed by atoms with E-state index in [0.717, 1.165) is 19.3 Å². The number of carbonyl (C=O) groups is 1. The molecule has 1 aliphatic heterocycles. The number of amides is 1. The molecule has 1 saturated heterocycles. The normalized spacial score (nSPS) is 24.1. The summed E-state index contributed by atoms with van der Waals surface area (Å²) in [6.07, 6.45) is 3.78. The van der Waals surface area contributed by atoms with Gasteiger partial charge in [-0.3, -0.25) is 10.1 Å². The Labute approximate surface area is 129 Å². The summed E-state index contributed by atoms with van der Waals surface area (Å²) in [6.45, 7) is 9.88. The molecule has 1 fully saturated rings. The average Bonchev–Trinajstić information content (AvgIpc) is 2.56. The first-order valence-electron chi connectivity index (χ1n) is 7.75. The van der Waals surface area contributed by atoms with Crippen LogP contribution in [0.1, 0.15) is 53.9 Å². The fourth-order valence-corrected chi connectivity index (χ4v) is 2.99. The molecule has 1 heterocycles. The molecule has 0 bridgehead atoms. The number of sulfone groups is 1. The predicted octanol–water partition coefficient (Wildman–Crippen LogP) is 1.78. The Morgan fingerprint density at radius 3 is 2.33 bits per heavy atom.